The quantitative estimate of drug-likeness (QED) is 0.936. The van der Waals surface area contributed by atoms with Gasteiger partial charge in [-0.25, -0.2) is 8.42 Å². The van der Waals surface area contributed by atoms with Crippen LogP contribution in [0.1, 0.15) is 17.5 Å². The third-order valence-corrected chi connectivity index (χ3v) is 5.24. The molecule has 0 spiro atoms. The second kappa shape index (κ2) is 5.74. The number of carbonyl (C=O) groups excluding carboxylic acids is 1. The molecule has 2 aromatic carbocycles. The van der Waals surface area contributed by atoms with E-state index >= 15 is 0 Å². The molecule has 0 heterocycles. The van der Waals surface area contributed by atoms with Crippen molar-refractivity contribution < 1.29 is 13.2 Å². The first-order valence-corrected chi connectivity index (χ1v) is 8.72. The van der Waals surface area contributed by atoms with Crippen molar-refractivity contribution in [3.05, 3.63) is 58.6 Å². The van der Waals surface area contributed by atoms with E-state index in [4.69, 9.17) is 11.6 Å². The molecule has 0 fully saturated rings. The number of halogens is 1. The fourth-order valence-corrected chi connectivity index (χ4v) is 3.81. The van der Waals surface area contributed by atoms with Gasteiger partial charge < -0.3 is 0 Å². The second-order valence-corrected chi connectivity index (χ2v) is 7.38. The minimum Gasteiger partial charge on any atom is -0.299 e. The summed E-state index contributed by atoms with van der Waals surface area (Å²) in [5.41, 5.74) is 2.26. The molecule has 0 aromatic heterocycles. The first kappa shape index (κ1) is 15.1. The number of fused-ring (bicyclic) bond motifs is 1. The molecule has 0 unspecified atom stereocenters. The van der Waals surface area contributed by atoms with Crippen molar-refractivity contribution in [2.45, 2.75) is 24.2 Å². The standard InChI is InChI=1S/C16H14ClNO3S/c17-13-2-1-3-14(10-13)18-22(20,21)16-7-5-11-8-15(19)6-4-12(11)9-16/h1-3,5,7,9-10,18H,4,6,8H2. The van der Waals surface area contributed by atoms with Crippen molar-refractivity contribution >= 4 is 33.1 Å². The smallest absolute Gasteiger partial charge is 0.261 e. The number of ketones is 1. The maximum absolute atomic E-state index is 12.4. The van der Waals surface area contributed by atoms with E-state index in [0.29, 0.717) is 30.0 Å². The summed E-state index contributed by atoms with van der Waals surface area (Å²) in [7, 11) is -3.67. The largest absolute Gasteiger partial charge is 0.299 e. The second-order valence-electron chi connectivity index (χ2n) is 5.26. The van der Waals surface area contributed by atoms with Gasteiger partial charge in [-0.2, -0.15) is 0 Å². The molecule has 1 N–H and O–H groups in total. The molecule has 4 nitrogen and oxygen atoms in total. The maximum atomic E-state index is 12.4. The summed E-state index contributed by atoms with van der Waals surface area (Å²) >= 11 is 5.86. The molecule has 22 heavy (non-hydrogen) atoms. The van der Waals surface area contributed by atoms with E-state index in [0.717, 1.165) is 11.1 Å². The van der Waals surface area contributed by atoms with Crippen LogP contribution >= 0.6 is 11.6 Å². The monoisotopic (exact) mass is 335 g/mol. The molecule has 0 radical (unpaired) electrons. The van der Waals surface area contributed by atoms with Crippen LogP contribution < -0.4 is 4.72 Å². The van der Waals surface area contributed by atoms with Crippen LogP contribution in [-0.2, 0) is 27.7 Å². The number of aryl methyl sites for hydroxylation is 1. The van der Waals surface area contributed by atoms with Crippen LogP contribution in [0.4, 0.5) is 5.69 Å². The van der Waals surface area contributed by atoms with Gasteiger partial charge in [-0.05, 0) is 47.9 Å². The average molecular weight is 336 g/mol. The molecule has 1 aliphatic rings. The van der Waals surface area contributed by atoms with Gasteiger partial charge in [0.1, 0.15) is 5.78 Å². The number of carbonyl (C=O) groups is 1. The highest BCUT2D eigenvalue weighted by Crippen LogP contribution is 2.24. The van der Waals surface area contributed by atoms with Crippen LogP contribution in [0.15, 0.2) is 47.4 Å². The van der Waals surface area contributed by atoms with Crippen LogP contribution in [0.5, 0.6) is 0 Å². The Morgan fingerprint density at radius 1 is 1.00 bits per heavy atom. The van der Waals surface area contributed by atoms with Crippen molar-refractivity contribution in [2.75, 3.05) is 4.72 Å². The van der Waals surface area contributed by atoms with Gasteiger partial charge in [0.05, 0.1) is 10.6 Å². The van der Waals surface area contributed by atoms with Crippen LogP contribution in [0.3, 0.4) is 0 Å². The molecule has 0 saturated carbocycles. The summed E-state index contributed by atoms with van der Waals surface area (Å²) in [4.78, 5) is 11.6. The molecule has 6 heteroatoms. The molecule has 0 amide bonds. The summed E-state index contributed by atoms with van der Waals surface area (Å²) in [5.74, 6) is 0.195. The zero-order valence-electron chi connectivity index (χ0n) is 11.7. The van der Waals surface area contributed by atoms with Gasteiger partial charge in [0.25, 0.3) is 10.0 Å². The minimum absolute atomic E-state index is 0.195. The predicted molar refractivity (Wildman–Crippen MR) is 85.7 cm³/mol. The van der Waals surface area contributed by atoms with E-state index < -0.39 is 10.0 Å². The lowest BCUT2D eigenvalue weighted by Gasteiger charge is -2.16. The zero-order valence-corrected chi connectivity index (χ0v) is 13.2. The molecule has 3 rings (SSSR count). The van der Waals surface area contributed by atoms with Crippen LogP contribution in [0.25, 0.3) is 0 Å². The third-order valence-electron chi connectivity index (χ3n) is 3.63. The Hall–Kier alpha value is -1.85. The first-order valence-electron chi connectivity index (χ1n) is 6.86. The Kier molecular flexibility index (Phi) is 3.93. The summed E-state index contributed by atoms with van der Waals surface area (Å²) < 4.78 is 27.4. The Morgan fingerprint density at radius 2 is 1.82 bits per heavy atom. The summed E-state index contributed by atoms with van der Waals surface area (Å²) in [6, 6.07) is 11.4. The lowest BCUT2D eigenvalue weighted by atomic mass is 9.91. The van der Waals surface area contributed by atoms with Crippen LogP contribution in [0, 0.1) is 0 Å². The predicted octanol–water partition coefficient (Wildman–Crippen LogP) is 3.20. The van der Waals surface area contributed by atoms with Gasteiger partial charge in [0.2, 0.25) is 0 Å². The third kappa shape index (κ3) is 3.15. The number of hydrogen-bond acceptors (Lipinski definition) is 3. The number of sulfonamides is 1. The van der Waals surface area contributed by atoms with E-state index in [1.807, 2.05) is 0 Å². The van der Waals surface area contributed by atoms with Crippen molar-refractivity contribution in [1.82, 2.24) is 0 Å². The summed E-state index contributed by atoms with van der Waals surface area (Å²) in [6.07, 6.45) is 1.45. The Labute approximate surface area is 134 Å². The number of rotatable bonds is 3. The van der Waals surface area contributed by atoms with E-state index in [9.17, 15) is 13.2 Å². The van der Waals surface area contributed by atoms with Gasteiger partial charge in [-0.3, -0.25) is 9.52 Å². The highest BCUT2D eigenvalue weighted by atomic mass is 35.5. The highest BCUT2D eigenvalue weighted by Gasteiger charge is 2.20. The Bertz CT molecular complexity index is 846. The molecular weight excluding hydrogens is 322 g/mol. The summed E-state index contributed by atoms with van der Waals surface area (Å²) in [5, 5.41) is 0.462. The Morgan fingerprint density at radius 3 is 2.59 bits per heavy atom. The molecule has 114 valence electrons. The molecule has 0 bridgehead atoms. The molecule has 0 saturated heterocycles. The maximum Gasteiger partial charge on any atom is 0.261 e. The fraction of sp³-hybridized carbons (Fsp3) is 0.188. The highest BCUT2D eigenvalue weighted by molar-refractivity contribution is 7.92. The van der Waals surface area contributed by atoms with Crippen molar-refractivity contribution in [1.29, 1.82) is 0 Å². The van der Waals surface area contributed by atoms with Gasteiger partial charge in [-0.1, -0.05) is 23.7 Å². The lowest BCUT2D eigenvalue weighted by Crippen LogP contribution is -2.16. The van der Waals surface area contributed by atoms with E-state index in [1.54, 1.807) is 36.4 Å². The van der Waals surface area contributed by atoms with Crippen LogP contribution in [-0.4, -0.2) is 14.2 Å². The van der Waals surface area contributed by atoms with E-state index in [1.165, 1.54) is 6.07 Å². The number of anilines is 1. The van der Waals surface area contributed by atoms with Crippen molar-refractivity contribution in [3.8, 4) is 0 Å². The SMILES string of the molecule is O=C1CCc2cc(S(=O)(=O)Nc3cccc(Cl)c3)ccc2C1. The van der Waals surface area contributed by atoms with E-state index in [2.05, 4.69) is 4.72 Å². The Balaban J connectivity index is 1.91. The van der Waals surface area contributed by atoms with Gasteiger partial charge >= 0.3 is 0 Å². The molecule has 2 aromatic rings. The number of Topliss-reactive ketones (excluding diaryl/α,β-unsaturated/α-hetero) is 1. The van der Waals surface area contributed by atoms with Crippen LogP contribution in [0.2, 0.25) is 5.02 Å². The lowest BCUT2D eigenvalue weighted by molar-refractivity contribution is -0.118. The number of nitrogens with one attached hydrogen (secondary N) is 1. The van der Waals surface area contributed by atoms with Gasteiger partial charge in [0, 0.05) is 17.9 Å². The normalized spacial score (nSPS) is 14.5. The minimum atomic E-state index is -3.67. The molecule has 0 aliphatic heterocycles. The van der Waals surface area contributed by atoms with Gasteiger partial charge in [0.15, 0.2) is 0 Å². The zero-order chi connectivity index (χ0) is 15.7. The first-order chi connectivity index (χ1) is 10.4. The van der Waals surface area contributed by atoms with Crippen molar-refractivity contribution in [2.24, 2.45) is 0 Å². The molecule has 1 aliphatic carbocycles. The average Bonchev–Trinajstić information content (AvgIpc) is 2.46. The van der Waals surface area contributed by atoms with Crippen molar-refractivity contribution in [3.63, 3.8) is 0 Å². The number of benzene rings is 2. The molecule has 0 atom stereocenters. The van der Waals surface area contributed by atoms with Gasteiger partial charge in [-0.15, -0.1) is 0 Å². The topological polar surface area (TPSA) is 63.2 Å². The fourth-order valence-electron chi connectivity index (χ4n) is 2.52. The van der Waals surface area contributed by atoms with E-state index in [-0.39, 0.29) is 10.7 Å². The number of hydrogen-bond donors (Lipinski definition) is 1. The molecular formula is C16H14ClNO3S. The summed E-state index contributed by atoms with van der Waals surface area (Å²) in [6.45, 7) is 0.